The van der Waals surface area contributed by atoms with Crippen molar-refractivity contribution in [1.29, 1.82) is 0 Å². The molecule has 0 bridgehead atoms. The van der Waals surface area contributed by atoms with Crippen LogP contribution in [0.4, 0.5) is 4.39 Å². The second-order valence-electron chi connectivity index (χ2n) is 4.45. The zero-order valence-electron chi connectivity index (χ0n) is 11.0. The van der Waals surface area contributed by atoms with Gasteiger partial charge < -0.3 is 10.6 Å². The number of benzene rings is 1. The molecule has 0 radical (unpaired) electrons. The largest absolute Gasteiger partial charge is 0.320 e. The Kier molecular flexibility index (Phi) is 5.09. The Hall–Kier alpha value is -0.930. The first kappa shape index (κ1) is 14.1. The van der Waals surface area contributed by atoms with Gasteiger partial charge in [0.25, 0.3) is 0 Å². The molecule has 0 fully saturated rings. The minimum Gasteiger partial charge on any atom is -0.320 e. The SMILES string of the molecule is CCN(CC)CC(N)(CC)c1ccccc1F. The van der Waals surface area contributed by atoms with Crippen molar-refractivity contribution in [3.63, 3.8) is 0 Å². The molecular weight excluding hydrogens is 215 g/mol. The fourth-order valence-electron chi connectivity index (χ4n) is 2.10. The zero-order valence-corrected chi connectivity index (χ0v) is 11.0. The molecule has 0 amide bonds. The average Bonchev–Trinajstić information content (AvgIpc) is 2.36. The number of nitrogens with zero attached hydrogens (tertiary/aromatic N) is 1. The van der Waals surface area contributed by atoms with E-state index in [4.69, 9.17) is 5.73 Å². The Bertz CT molecular complexity index is 350. The van der Waals surface area contributed by atoms with Gasteiger partial charge in [0, 0.05) is 12.1 Å². The van der Waals surface area contributed by atoms with Crippen molar-refractivity contribution in [3.8, 4) is 0 Å². The number of rotatable bonds is 6. The molecule has 17 heavy (non-hydrogen) atoms. The maximum Gasteiger partial charge on any atom is 0.128 e. The van der Waals surface area contributed by atoms with Gasteiger partial charge >= 0.3 is 0 Å². The van der Waals surface area contributed by atoms with Crippen molar-refractivity contribution in [2.45, 2.75) is 32.7 Å². The van der Waals surface area contributed by atoms with E-state index in [1.165, 1.54) is 6.07 Å². The fourth-order valence-corrected chi connectivity index (χ4v) is 2.10. The van der Waals surface area contributed by atoms with E-state index < -0.39 is 5.54 Å². The Balaban J connectivity index is 2.99. The summed E-state index contributed by atoms with van der Waals surface area (Å²) in [4.78, 5) is 2.23. The standard InChI is InChI=1S/C14H23FN2/c1-4-14(16,11-17(5-2)6-3)12-9-7-8-10-13(12)15/h7-10H,4-6,11,16H2,1-3H3. The molecule has 2 N–H and O–H groups in total. The molecule has 0 heterocycles. The molecule has 1 aromatic carbocycles. The molecular formula is C14H23FN2. The molecule has 2 nitrogen and oxygen atoms in total. The van der Waals surface area contributed by atoms with Crippen molar-refractivity contribution in [2.75, 3.05) is 19.6 Å². The quantitative estimate of drug-likeness (QED) is 0.825. The van der Waals surface area contributed by atoms with Crippen LogP contribution in [0.5, 0.6) is 0 Å². The number of nitrogens with two attached hydrogens (primary N) is 1. The third-order valence-electron chi connectivity index (χ3n) is 3.44. The predicted molar refractivity (Wildman–Crippen MR) is 70.3 cm³/mol. The van der Waals surface area contributed by atoms with Gasteiger partial charge in [0.2, 0.25) is 0 Å². The van der Waals surface area contributed by atoms with E-state index in [0.29, 0.717) is 12.1 Å². The Labute approximate surface area is 104 Å². The smallest absolute Gasteiger partial charge is 0.128 e. The molecule has 1 aromatic rings. The molecule has 0 aliphatic carbocycles. The van der Waals surface area contributed by atoms with Crippen molar-refractivity contribution in [1.82, 2.24) is 4.90 Å². The molecule has 1 unspecified atom stereocenters. The van der Waals surface area contributed by atoms with Crippen molar-refractivity contribution in [3.05, 3.63) is 35.6 Å². The first-order chi connectivity index (χ1) is 8.07. The van der Waals surface area contributed by atoms with Gasteiger partial charge in [-0.05, 0) is 25.6 Å². The third kappa shape index (κ3) is 3.27. The van der Waals surface area contributed by atoms with Crippen LogP contribution in [0.1, 0.15) is 32.8 Å². The number of hydrogen-bond donors (Lipinski definition) is 1. The second-order valence-corrected chi connectivity index (χ2v) is 4.45. The topological polar surface area (TPSA) is 29.3 Å². The van der Waals surface area contributed by atoms with E-state index in [9.17, 15) is 4.39 Å². The highest BCUT2D eigenvalue weighted by atomic mass is 19.1. The minimum atomic E-state index is -0.600. The first-order valence-corrected chi connectivity index (χ1v) is 6.33. The first-order valence-electron chi connectivity index (χ1n) is 6.33. The highest BCUT2D eigenvalue weighted by Gasteiger charge is 2.29. The summed E-state index contributed by atoms with van der Waals surface area (Å²) in [5.74, 6) is -0.205. The van der Waals surface area contributed by atoms with Gasteiger partial charge in [-0.2, -0.15) is 0 Å². The Morgan fingerprint density at radius 1 is 1.18 bits per heavy atom. The molecule has 0 saturated heterocycles. The Morgan fingerprint density at radius 2 is 1.76 bits per heavy atom. The summed E-state index contributed by atoms with van der Waals surface area (Å²) in [6, 6.07) is 6.82. The average molecular weight is 238 g/mol. The van der Waals surface area contributed by atoms with Crippen LogP contribution in [0.2, 0.25) is 0 Å². The summed E-state index contributed by atoms with van der Waals surface area (Å²) in [7, 11) is 0. The van der Waals surface area contributed by atoms with Crippen molar-refractivity contribution >= 4 is 0 Å². The van der Waals surface area contributed by atoms with Crippen LogP contribution < -0.4 is 5.73 Å². The number of halogens is 1. The highest BCUT2D eigenvalue weighted by molar-refractivity contribution is 5.26. The van der Waals surface area contributed by atoms with Crippen molar-refractivity contribution in [2.24, 2.45) is 5.73 Å². The minimum absolute atomic E-state index is 0.205. The van der Waals surface area contributed by atoms with Gasteiger partial charge in [0.1, 0.15) is 5.82 Å². The van der Waals surface area contributed by atoms with Gasteiger partial charge in [0.05, 0.1) is 5.54 Å². The van der Waals surface area contributed by atoms with Gasteiger partial charge in [-0.25, -0.2) is 4.39 Å². The lowest BCUT2D eigenvalue weighted by atomic mass is 9.87. The van der Waals surface area contributed by atoms with Crippen LogP contribution in [0.15, 0.2) is 24.3 Å². The lowest BCUT2D eigenvalue weighted by Gasteiger charge is -2.34. The number of hydrogen-bond acceptors (Lipinski definition) is 2. The predicted octanol–water partition coefficient (Wildman–Crippen LogP) is 2.73. The maximum atomic E-state index is 13.8. The molecule has 0 aromatic heterocycles. The van der Waals surface area contributed by atoms with Crippen LogP contribution >= 0.6 is 0 Å². The monoisotopic (exact) mass is 238 g/mol. The summed E-state index contributed by atoms with van der Waals surface area (Å²) in [6.07, 6.45) is 0.727. The van der Waals surface area contributed by atoms with Gasteiger partial charge in [0.15, 0.2) is 0 Å². The zero-order chi connectivity index (χ0) is 12.9. The molecule has 0 aliphatic rings. The molecule has 3 heteroatoms. The van der Waals surface area contributed by atoms with E-state index in [0.717, 1.165) is 19.5 Å². The van der Waals surface area contributed by atoms with E-state index in [-0.39, 0.29) is 5.82 Å². The van der Waals surface area contributed by atoms with Crippen LogP contribution in [0.25, 0.3) is 0 Å². The van der Waals surface area contributed by atoms with Crippen LogP contribution in [0, 0.1) is 5.82 Å². The van der Waals surface area contributed by atoms with Gasteiger partial charge in [-0.3, -0.25) is 0 Å². The maximum absolute atomic E-state index is 13.8. The van der Waals surface area contributed by atoms with E-state index in [1.54, 1.807) is 12.1 Å². The van der Waals surface area contributed by atoms with Gasteiger partial charge in [-0.15, -0.1) is 0 Å². The molecule has 96 valence electrons. The summed E-state index contributed by atoms with van der Waals surface area (Å²) < 4.78 is 13.8. The van der Waals surface area contributed by atoms with Crippen LogP contribution in [0.3, 0.4) is 0 Å². The third-order valence-corrected chi connectivity index (χ3v) is 3.44. The summed E-state index contributed by atoms with van der Waals surface area (Å²) in [6.45, 7) is 8.77. The lowest BCUT2D eigenvalue weighted by Crippen LogP contribution is -2.47. The normalized spacial score (nSPS) is 14.9. The lowest BCUT2D eigenvalue weighted by molar-refractivity contribution is 0.217. The van der Waals surface area contributed by atoms with Crippen LogP contribution in [-0.2, 0) is 5.54 Å². The Morgan fingerprint density at radius 3 is 2.24 bits per heavy atom. The second kappa shape index (κ2) is 6.12. The van der Waals surface area contributed by atoms with E-state index in [1.807, 2.05) is 13.0 Å². The van der Waals surface area contributed by atoms with E-state index >= 15 is 0 Å². The van der Waals surface area contributed by atoms with Gasteiger partial charge in [-0.1, -0.05) is 39.0 Å². The summed E-state index contributed by atoms with van der Waals surface area (Å²) in [5, 5.41) is 0. The number of likely N-dealkylation sites (N-methyl/N-ethyl adjacent to an activating group) is 1. The highest BCUT2D eigenvalue weighted by Crippen LogP contribution is 2.25. The molecule has 0 saturated carbocycles. The molecule has 0 spiro atoms. The molecule has 0 aliphatic heterocycles. The molecule has 1 rings (SSSR count). The molecule has 1 atom stereocenters. The fraction of sp³-hybridized carbons (Fsp3) is 0.571. The van der Waals surface area contributed by atoms with Crippen molar-refractivity contribution < 1.29 is 4.39 Å². The summed E-state index contributed by atoms with van der Waals surface area (Å²) in [5.41, 5.74) is 6.41. The van der Waals surface area contributed by atoms with Crippen LogP contribution in [-0.4, -0.2) is 24.5 Å². The van der Waals surface area contributed by atoms with E-state index in [2.05, 4.69) is 18.7 Å². The summed E-state index contributed by atoms with van der Waals surface area (Å²) >= 11 is 0.